The molecule has 1 saturated heterocycles. The number of hydrogen-bond donors (Lipinski definition) is 0. The van der Waals surface area contributed by atoms with Crippen LogP contribution in [0.1, 0.15) is 25.7 Å². The Morgan fingerprint density at radius 2 is 1.87 bits per heavy atom. The highest BCUT2D eigenvalue weighted by Gasteiger charge is 2.19. The average molecular weight is 458 g/mol. The van der Waals surface area contributed by atoms with Gasteiger partial charge in [0.05, 0.1) is 36.0 Å². The highest BCUT2D eigenvalue weighted by atomic mass is 32.2. The summed E-state index contributed by atoms with van der Waals surface area (Å²) in [5.41, 5.74) is 3.11. The lowest BCUT2D eigenvalue weighted by molar-refractivity contribution is -0.134. The third-order valence-electron chi connectivity index (χ3n) is 4.85. The van der Waals surface area contributed by atoms with Crippen molar-refractivity contribution >= 4 is 34.8 Å². The normalized spacial score (nSPS) is 14.1. The molecule has 0 unspecified atom stereocenters. The van der Waals surface area contributed by atoms with Gasteiger partial charge in [-0.1, -0.05) is 17.8 Å². The van der Waals surface area contributed by atoms with Crippen LogP contribution in [0.2, 0.25) is 0 Å². The summed E-state index contributed by atoms with van der Waals surface area (Å²) in [5, 5.41) is 12.5. The van der Waals surface area contributed by atoms with Gasteiger partial charge in [-0.2, -0.15) is 4.68 Å². The van der Waals surface area contributed by atoms with Crippen LogP contribution in [0.25, 0.3) is 5.69 Å². The first-order valence-corrected chi connectivity index (χ1v) is 11.8. The zero-order chi connectivity index (χ0) is 21.8. The van der Waals surface area contributed by atoms with E-state index in [9.17, 15) is 9.59 Å². The number of ketones is 1. The van der Waals surface area contributed by atoms with Crippen LogP contribution >= 0.6 is 23.1 Å². The molecule has 3 heterocycles. The number of hydrogen-bond acceptors (Lipinski definition) is 8. The molecule has 4 rings (SSSR count). The van der Waals surface area contributed by atoms with Crippen molar-refractivity contribution in [2.75, 3.05) is 32.1 Å². The van der Waals surface area contributed by atoms with Crippen molar-refractivity contribution in [3.05, 3.63) is 51.2 Å². The van der Waals surface area contributed by atoms with E-state index in [0.29, 0.717) is 42.8 Å². The second-order valence-corrected chi connectivity index (χ2v) is 9.48. The Hall–Kier alpha value is -2.56. The SMILES string of the molecule is Cc1cc(C)cc(-n2nnnc2SCC(=O)c2ccc(CC(=O)N3CCOCC3)s2)c1. The number of tetrazole rings is 1. The minimum absolute atomic E-state index is 0.00459. The maximum atomic E-state index is 12.7. The van der Waals surface area contributed by atoms with Crippen molar-refractivity contribution in [1.29, 1.82) is 0 Å². The van der Waals surface area contributed by atoms with Crippen molar-refractivity contribution in [3.8, 4) is 5.69 Å². The van der Waals surface area contributed by atoms with Gasteiger partial charge in [-0.25, -0.2) is 0 Å². The van der Waals surface area contributed by atoms with Gasteiger partial charge in [-0.05, 0) is 59.7 Å². The maximum Gasteiger partial charge on any atom is 0.227 e. The first-order valence-electron chi connectivity index (χ1n) is 9.97. The number of nitrogens with zero attached hydrogens (tertiary/aromatic N) is 5. The Kier molecular flexibility index (Phi) is 6.79. The number of benzene rings is 1. The summed E-state index contributed by atoms with van der Waals surface area (Å²) >= 11 is 2.68. The topological polar surface area (TPSA) is 90.2 Å². The van der Waals surface area contributed by atoms with E-state index in [1.807, 2.05) is 36.9 Å². The fraction of sp³-hybridized carbons (Fsp3) is 0.381. The lowest BCUT2D eigenvalue weighted by Gasteiger charge is -2.26. The number of aryl methyl sites for hydroxylation is 2. The molecule has 162 valence electrons. The summed E-state index contributed by atoms with van der Waals surface area (Å²) in [6.07, 6.45) is 0.316. The molecule has 2 aromatic heterocycles. The summed E-state index contributed by atoms with van der Waals surface area (Å²) in [7, 11) is 0. The van der Waals surface area contributed by atoms with Crippen molar-refractivity contribution in [2.45, 2.75) is 25.4 Å². The number of thiophene rings is 1. The second kappa shape index (κ2) is 9.71. The molecule has 1 fully saturated rings. The summed E-state index contributed by atoms with van der Waals surface area (Å²) in [6.45, 7) is 6.46. The predicted octanol–water partition coefficient (Wildman–Crippen LogP) is 2.72. The van der Waals surface area contributed by atoms with Crippen LogP contribution in [0.5, 0.6) is 0 Å². The molecule has 0 saturated carbocycles. The largest absolute Gasteiger partial charge is 0.378 e. The van der Waals surface area contributed by atoms with Crippen molar-refractivity contribution < 1.29 is 14.3 Å². The van der Waals surface area contributed by atoms with Gasteiger partial charge in [-0.15, -0.1) is 16.4 Å². The van der Waals surface area contributed by atoms with Crippen LogP contribution in [-0.2, 0) is 16.0 Å². The van der Waals surface area contributed by atoms with Crippen LogP contribution in [-0.4, -0.2) is 68.9 Å². The van der Waals surface area contributed by atoms with E-state index in [-0.39, 0.29) is 17.4 Å². The minimum Gasteiger partial charge on any atom is -0.378 e. The Balaban J connectivity index is 1.37. The van der Waals surface area contributed by atoms with E-state index in [0.717, 1.165) is 21.7 Å². The number of aromatic nitrogens is 4. The number of Topliss-reactive ketones (excluding diaryl/α,β-unsaturated/α-hetero) is 1. The quantitative estimate of drug-likeness (QED) is 0.398. The Bertz CT molecular complexity index is 1070. The van der Waals surface area contributed by atoms with Gasteiger partial charge in [0.1, 0.15) is 0 Å². The fourth-order valence-electron chi connectivity index (χ4n) is 3.40. The molecule has 0 N–H and O–H groups in total. The molecule has 0 spiro atoms. The molecule has 1 aliphatic heterocycles. The fourth-order valence-corrected chi connectivity index (χ4v) is 5.20. The van der Waals surface area contributed by atoms with E-state index >= 15 is 0 Å². The number of ether oxygens (including phenoxy) is 1. The third-order valence-corrected chi connectivity index (χ3v) is 6.90. The molecule has 31 heavy (non-hydrogen) atoms. The summed E-state index contributed by atoms with van der Waals surface area (Å²) in [5.74, 6) is 0.295. The van der Waals surface area contributed by atoms with E-state index in [1.165, 1.54) is 23.1 Å². The predicted molar refractivity (Wildman–Crippen MR) is 119 cm³/mol. The molecular weight excluding hydrogens is 434 g/mol. The van der Waals surface area contributed by atoms with Gasteiger partial charge in [-0.3, -0.25) is 9.59 Å². The lowest BCUT2D eigenvalue weighted by atomic mass is 10.1. The smallest absolute Gasteiger partial charge is 0.227 e. The summed E-state index contributed by atoms with van der Waals surface area (Å²) in [4.78, 5) is 28.5. The molecule has 0 radical (unpaired) electrons. The molecule has 10 heteroatoms. The van der Waals surface area contributed by atoms with Crippen molar-refractivity contribution in [2.24, 2.45) is 0 Å². The zero-order valence-corrected chi connectivity index (χ0v) is 19.0. The average Bonchev–Trinajstić information content (AvgIpc) is 3.41. The van der Waals surface area contributed by atoms with E-state index in [4.69, 9.17) is 4.74 Å². The number of carbonyl (C=O) groups excluding carboxylic acids is 2. The summed E-state index contributed by atoms with van der Waals surface area (Å²) < 4.78 is 6.94. The number of morpholine rings is 1. The molecule has 0 atom stereocenters. The monoisotopic (exact) mass is 457 g/mol. The van der Waals surface area contributed by atoms with Gasteiger partial charge >= 0.3 is 0 Å². The molecule has 1 amide bonds. The van der Waals surface area contributed by atoms with Crippen LogP contribution in [0.15, 0.2) is 35.5 Å². The van der Waals surface area contributed by atoms with E-state index in [2.05, 4.69) is 21.6 Å². The van der Waals surface area contributed by atoms with Crippen LogP contribution in [0.4, 0.5) is 0 Å². The van der Waals surface area contributed by atoms with Gasteiger partial charge in [0, 0.05) is 18.0 Å². The number of carbonyl (C=O) groups is 2. The first kappa shape index (κ1) is 21.7. The number of thioether (sulfide) groups is 1. The zero-order valence-electron chi connectivity index (χ0n) is 17.4. The lowest BCUT2D eigenvalue weighted by Crippen LogP contribution is -2.41. The van der Waals surface area contributed by atoms with Gasteiger partial charge < -0.3 is 9.64 Å². The van der Waals surface area contributed by atoms with Crippen molar-refractivity contribution in [1.82, 2.24) is 25.1 Å². The van der Waals surface area contributed by atoms with Gasteiger partial charge in [0.25, 0.3) is 0 Å². The Morgan fingerprint density at radius 3 is 2.61 bits per heavy atom. The van der Waals surface area contributed by atoms with Crippen LogP contribution in [0, 0.1) is 13.8 Å². The maximum absolute atomic E-state index is 12.7. The molecule has 3 aromatic rings. The van der Waals surface area contributed by atoms with Crippen molar-refractivity contribution in [3.63, 3.8) is 0 Å². The molecule has 1 aromatic carbocycles. The molecule has 0 bridgehead atoms. The van der Waals surface area contributed by atoms with E-state index < -0.39 is 0 Å². The molecule has 8 nitrogen and oxygen atoms in total. The number of amides is 1. The Morgan fingerprint density at radius 1 is 1.13 bits per heavy atom. The third kappa shape index (κ3) is 5.38. The Labute approximate surface area is 188 Å². The molecule has 1 aliphatic rings. The highest BCUT2D eigenvalue weighted by Crippen LogP contribution is 2.24. The second-order valence-electron chi connectivity index (χ2n) is 7.37. The van der Waals surface area contributed by atoms with E-state index in [1.54, 1.807) is 10.7 Å². The van der Waals surface area contributed by atoms with Gasteiger partial charge in [0.2, 0.25) is 11.1 Å². The molecule has 0 aliphatic carbocycles. The van der Waals surface area contributed by atoms with Crippen LogP contribution in [0.3, 0.4) is 0 Å². The van der Waals surface area contributed by atoms with Crippen LogP contribution < -0.4 is 0 Å². The first-order chi connectivity index (χ1) is 15.0. The minimum atomic E-state index is -0.00459. The molecular formula is C21H23N5O3S2. The standard InChI is InChI=1S/C21H23N5O3S2/c1-14-9-15(2)11-16(10-14)26-21(22-23-24-26)30-13-18(27)19-4-3-17(31-19)12-20(28)25-5-7-29-8-6-25/h3-4,9-11H,5-8,12-13H2,1-2H3. The highest BCUT2D eigenvalue weighted by molar-refractivity contribution is 7.99. The number of rotatable bonds is 7. The van der Waals surface area contributed by atoms with Gasteiger partial charge in [0.15, 0.2) is 5.78 Å². The summed E-state index contributed by atoms with van der Waals surface area (Å²) in [6, 6.07) is 9.75.